The van der Waals surface area contributed by atoms with Crippen molar-refractivity contribution < 1.29 is 39.1 Å². The van der Waals surface area contributed by atoms with Crippen molar-refractivity contribution in [1.82, 2.24) is 0 Å². The molecule has 0 bridgehead atoms. The number of ketones is 2. The second-order valence-electron chi connectivity index (χ2n) is 14.5. The van der Waals surface area contributed by atoms with Crippen LogP contribution in [0.25, 0.3) is 12.2 Å². The molecule has 3 aliphatic heterocycles. The van der Waals surface area contributed by atoms with E-state index in [2.05, 4.69) is 0 Å². The first kappa shape index (κ1) is 33.0. The normalized spacial score (nSPS) is 21.0. The van der Waals surface area contributed by atoms with E-state index < -0.39 is 34.8 Å². The number of fused-ring (bicyclic) bond motifs is 4. The standard InChI is InChI=1S/C42H40O8/c1-22-34(45)30(27(43)19-17-24-13-9-7-10-14-24)39-32(35(22)46)40-33(42(5,6)50-39)26-21-41(3,4)49-38-29(26)37(48-40)23(2)36(47)31(38)28(44)20-18-25-15-11-8-12-16-25/h7-20,26,33,40,45-47H,21H2,1-6H3/b19-17+,20-18+/t26-,33+,40+/m1/s1. The van der Waals surface area contributed by atoms with Crippen molar-refractivity contribution >= 4 is 23.7 Å². The molecule has 0 unspecified atom stereocenters. The lowest BCUT2D eigenvalue weighted by Crippen LogP contribution is -2.53. The van der Waals surface area contributed by atoms with E-state index in [0.717, 1.165) is 11.1 Å². The molecule has 4 aromatic carbocycles. The van der Waals surface area contributed by atoms with Gasteiger partial charge in [-0.2, -0.15) is 0 Å². The molecule has 3 N–H and O–H groups in total. The number of benzene rings is 4. The minimum Gasteiger partial charge on any atom is -0.507 e. The van der Waals surface area contributed by atoms with Crippen molar-refractivity contribution in [3.8, 4) is 34.5 Å². The van der Waals surface area contributed by atoms with Crippen LogP contribution in [0.1, 0.15) is 100 Å². The minimum atomic E-state index is -1.000. The number of rotatable bonds is 6. The Balaban J connectivity index is 1.40. The number of carbonyl (C=O) groups is 2. The lowest BCUT2D eigenvalue weighted by Gasteiger charge is -2.54. The summed E-state index contributed by atoms with van der Waals surface area (Å²) in [6.07, 6.45) is 5.84. The fourth-order valence-electron chi connectivity index (χ4n) is 7.84. The summed E-state index contributed by atoms with van der Waals surface area (Å²) in [6.45, 7) is 10.9. The van der Waals surface area contributed by atoms with E-state index in [1.807, 2.05) is 88.4 Å². The Kier molecular flexibility index (Phi) is 7.81. The average molecular weight is 673 g/mol. The van der Waals surface area contributed by atoms with E-state index in [4.69, 9.17) is 14.2 Å². The van der Waals surface area contributed by atoms with Gasteiger partial charge in [0, 0.05) is 28.5 Å². The number of allylic oxidation sites excluding steroid dienone is 2. The van der Waals surface area contributed by atoms with Crippen molar-refractivity contribution in [2.75, 3.05) is 0 Å². The van der Waals surface area contributed by atoms with Crippen molar-refractivity contribution in [1.29, 1.82) is 0 Å². The van der Waals surface area contributed by atoms with E-state index in [-0.39, 0.29) is 56.9 Å². The van der Waals surface area contributed by atoms with Crippen LogP contribution >= 0.6 is 0 Å². The summed E-state index contributed by atoms with van der Waals surface area (Å²) in [5, 5.41) is 34.6. The molecule has 0 amide bonds. The molecule has 3 aliphatic rings. The third-order valence-electron chi connectivity index (χ3n) is 10.2. The molecule has 0 saturated heterocycles. The van der Waals surface area contributed by atoms with Crippen LogP contribution in [-0.4, -0.2) is 38.1 Å². The van der Waals surface area contributed by atoms with Gasteiger partial charge in [0.05, 0.1) is 5.56 Å². The molecule has 0 saturated carbocycles. The lowest BCUT2D eigenvalue weighted by molar-refractivity contribution is -0.0860. The zero-order valence-corrected chi connectivity index (χ0v) is 28.9. The van der Waals surface area contributed by atoms with Gasteiger partial charge in [-0.25, -0.2) is 0 Å². The predicted octanol–water partition coefficient (Wildman–Crippen LogP) is 8.78. The molecule has 256 valence electrons. The molecule has 0 spiro atoms. The van der Waals surface area contributed by atoms with Crippen molar-refractivity contribution in [2.45, 2.75) is 71.2 Å². The maximum Gasteiger partial charge on any atom is 0.193 e. The third-order valence-corrected chi connectivity index (χ3v) is 10.2. The smallest absolute Gasteiger partial charge is 0.193 e. The van der Waals surface area contributed by atoms with E-state index >= 15 is 0 Å². The Morgan fingerprint density at radius 3 is 1.72 bits per heavy atom. The van der Waals surface area contributed by atoms with E-state index in [1.54, 1.807) is 26.0 Å². The molecule has 8 heteroatoms. The van der Waals surface area contributed by atoms with E-state index in [1.165, 1.54) is 12.2 Å². The highest BCUT2D eigenvalue weighted by molar-refractivity contribution is 6.12. The summed E-state index contributed by atoms with van der Waals surface area (Å²) < 4.78 is 20.0. The fourth-order valence-corrected chi connectivity index (χ4v) is 7.84. The average Bonchev–Trinajstić information content (AvgIpc) is 3.07. The molecule has 0 fully saturated rings. The maximum absolute atomic E-state index is 13.8. The van der Waals surface area contributed by atoms with Crippen LogP contribution in [0.2, 0.25) is 0 Å². The van der Waals surface area contributed by atoms with Crippen LogP contribution in [0, 0.1) is 19.8 Å². The highest BCUT2D eigenvalue weighted by Gasteiger charge is 2.58. The molecule has 8 nitrogen and oxygen atoms in total. The summed E-state index contributed by atoms with van der Waals surface area (Å²) in [5.41, 5.74) is 1.26. The largest absolute Gasteiger partial charge is 0.507 e. The van der Waals surface area contributed by atoms with Gasteiger partial charge >= 0.3 is 0 Å². The highest BCUT2D eigenvalue weighted by Crippen LogP contribution is 2.66. The molecule has 4 aromatic rings. The second kappa shape index (κ2) is 11.8. The van der Waals surface area contributed by atoms with Crippen molar-refractivity contribution in [2.24, 2.45) is 5.92 Å². The first-order chi connectivity index (χ1) is 23.7. The topological polar surface area (TPSA) is 123 Å². The van der Waals surface area contributed by atoms with E-state index in [9.17, 15) is 24.9 Å². The maximum atomic E-state index is 13.8. The van der Waals surface area contributed by atoms with Gasteiger partial charge in [-0.15, -0.1) is 0 Å². The first-order valence-electron chi connectivity index (χ1n) is 16.8. The number of hydrogen-bond acceptors (Lipinski definition) is 8. The molecule has 3 heterocycles. The van der Waals surface area contributed by atoms with E-state index in [0.29, 0.717) is 23.3 Å². The number of aromatic hydroxyl groups is 3. The summed E-state index contributed by atoms with van der Waals surface area (Å²) in [6, 6.07) is 18.7. The van der Waals surface area contributed by atoms with Gasteiger partial charge in [0.15, 0.2) is 11.6 Å². The van der Waals surface area contributed by atoms with Crippen molar-refractivity contribution in [3.63, 3.8) is 0 Å². The summed E-state index contributed by atoms with van der Waals surface area (Å²) in [7, 11) is 0. The van der Waals surface area contributed by atoms with Crippen LogP contribution in [0.4, 0.5) is 0 Å². The highest BCUT2D eigenvalue weighted by atomic mass is 16.5. The van der Waals surface area contributed by atoms with Crippen molar-refractivity contribution in [3.05, 3.63) is 117 Å². The Morgan fingerprint density at radius 2 is 1.18 bits per heavy atom. The van der Waals surface area contributed by atoms with Gasteiger partial charge in [0.2, 0.25) is 0 Å². The minimum absolute atomic E-state index is 0.0503. The zero-order chi connectivity index (χ0) is 35.7. The number of hydrogen-bond donors (Lipinski definition) is 3. The number of ether oxygens (including phenoxy) is 3. The van der Waals surface area contributed by atoms with Gasteiger partial charge in [-0.3, -0.25) is 9.59 Å². The Bertz CT molecular complexity index is 2110. The number of carbonyl (C=O) groups excluding carboxylic acids is 2. The van der Waals surface area contributed by atoms with Crippen LogP contribution in [0.15, 0.2) is 72.8 Å². The summed E-state index contributed by atoms with van der Waals surface area (Å²) in [5.74, 6) is -1.84. The van der Waals surface area contributed by atoms with Gasteiger partial charge in [-0.05, 0) is 71.2 Å². The Labute approximate surface area is 291 Å². The van der Waals surface area contributed by atoms with Crippen LogP contribution < -0.4 is 14.2 Å². The molecule has 0 radical (unpaired) electrons. The first-order valence-corrected chi connectivity index (χ1v) is 16.8. The molecule has 3 atom stereocenters. The molecule has 7 rings (SSSR count). The molecule has 0 aliphatic carbocycles. The monoisotopic (exact) mass is 672 g/mol. The Morgan fingerprint density at radius 1 is 0.680 bits per heavy atom. The zero-order valence-electron chi connectivity index (χ0n) is 28.9. The second-order valence-corrected chi connectivity index (χ2v) is 14.5. The van der Waals surface area contributed by atoms with Gasteiger partial charge in [0.1, 0.15) is 62.9 Å². The van der Waals surface area contributed by atoms with Gasteiger partial charge < -0.3 is 29.5 Å². The van der Waals surface area contributed by atoms with Gasteiger partial charge in [0.25, 0.3) is 0 Å². The number of phenols is 3. The summed E-state index contributed by atoms with van der Waals surface area (Å²) in [4.78, 5) is 27.7. The van der Waals surface area contributed by atoms with Crippen LogP contribution in [-0.2, 0) is 0 Å². The van der Waals surface area contributed by atoms with Crippen LogP contribution in [0.5, 0.6) is 34.5 Å². The quantitative estimate of drug-likeness (QED) is 0.137. The summed E-state index contributed by atoms with van der Waals surface area (Å²) >= 11 is 0. The number of phenolic OH excluding ortho intramolecular Hbond substituents is 3. The molecule has 50 heavy (non-hydrogen) atoms. The SMILES string of the molecule is Cc1c(O)c(C(=O)/C=C/c2ccccc2)c2c(c1O)[C@@H]1Oc3c(C)c(O)c(C(=O)/C=C/c4ccccc4)c4c3[C@@H](CC(C)(C)O4)[C@@H]1C(C)(C)O2. The predicted molar refractivity (Wildman–Crippen MR) is 191 cm³/mol. The molecular formula is C42H40O8. The molecule has 0 aromatic heterocycles. The fraction of sp³-hybridized carbons (Fsp3) is 0.286. The van der Waals surface area contributed by atoms with Crippen LogP contribution in [0.3, 0.4) is 0 Å². The third kappa shape index (κ3) is 5.30. The molecular weight excluding hydrogens is 632 g/mol. The Hall–Kier alpha value is -5.50. The lowest BCUT2D eigenvalue weighted by atomic mass is 9.63. The van der Waals surface area contributed by atoms with Gasteiger partial charge in [-0.1, -0.05) is 72.8 Å².